The number of likely N-dealkylation sites (N-methyl/N-ethyl adjacent to an activating group) is 1. The summed E-state index contributed by atoms with van der Waals surface area (Å²) in [4.78, 5) is 9.44. The average Bonchev–Trinajstić information content (AvgIpc) is 2.52. The van der Waals surface area contributed by atoms with Crippen LogP contribution < -0.4 is 5.32 Å². The Balaban J connectivity index is 2.73. The minimum atomic E-state index is 0.623. The third-order valence-electron chi connectivity index (χ3n) is 3.42. The lowest BCUT2D eigenvalue weighted by Crippen LogP contribution is -2.17. The summed E-state index contributed by atoms with van der Waals surface area (Å²) in [6, 6.07) is 0. The van der Waals surface area contributed by atoms with Gasteiger partial charge in [0.05, 0.1) is 19.8 Å². The van der Waals surface area contributed by atoms with E-state index in [9.17, 15) is 0 Å². The molecular weight excluding hydrogens is 266 g/mol. The molecule has 0 fully saturated rings. The van der Waals surface area contributed by atoms with Crippen LogP contribution in [-0.4, -0.2) is 50.5 Å². The minimum absolute atomic E-state index is 0.623. The van der Waals surface area contributed by atoms with Crippen LogP contribution >= 0.6 is 0 Å². The first-order chi connectivity index (χ1) is 10.3. The molecule has 0 aromatic carbocycles. The molecule has 0 saturated heterocycles. The summed E-state index contributed by atoms with van der Waals surface area (Å²) in [5.74, 6) is 0.898. The van der Waals surface area contributed by atoms with Crippen molar-refractivity contribution in [2.24, 2.45) is 0 Å². The van der Waals surface area contributed by atoms with Crippen molar-refractivity contribution in [2.45, 2.75) is 39.5 Å². The zero-order valence-corrected chi connectivity index (χ0v) is 13.9. The van der Waals surface area contributed by atoms with Gasteiger partial charge in [0.1, 0.15) is 5.82 Å². The van der Waals surface area contributed by atoms with Gasteiger partial charge in [-0.05, 0) is 38.4 Å². The molecule has 21 heavy (non-hydrogen) atoms. The number of hydrogen-bond donors (Lipinski definition) is 1. The van der Waals surface area contributed by atoms with Gasteiger partial charge in [-0.25, -0.2) is 9.97 Å². The largest absolute Gasteiger partial charge is 0.382 e. The summed E-state index contributed by atoms with van der Waals surface area (Å²) in [6.45, 7) is 7.17. The number of methoxy groups -OCH3 is 1. The Morgan fingerprint density at radius 1 is 0.952 bits per heavy atom. The molecule has 5 nitrogen and oxygen atoms in total. The smallest absolute Gasteiger partial charge is 0.131 e. The normalized spacial score (nSPS) is 11.0. The van der Waals surface area contributed by atoms with Gasteiger partial charge in [-0.15, -0.1) is 0 Å². The number of ether oxygens (including phenoxy) is 2. The van der Waals surface area contributed by atoms with E-state index in [-0.39, 0.29) is 0 Å². The molecule has 1 aromatic heterocycles. The fourth-order valence-corrected chi connectivity index (χ4v) is 2.28. The van der Waals surface area contributed by atoms with Gasteiger partial charge in [-0.3, -0.25) is 0 Å². The Morgan fingerprint density at radius 2 is 1.62 bits per heavy atom. The Labute approximate surface area is 128 Å². The number of rotatable bonds is 11. The first kappa shape index (κ1) is 18.0. The highest BCUT2D eigenvalue weighted by Gasteiger charge is 2.11. The molecule has 0 aliphatic carbocycles. The highest BCUT2D eigenvalue weighted by Crippen LogP contribution is 2.14. The second-order valence-electron chi connectivity index (χ2n) is 4.93. The number of aryl methyl sites for hydroxylation is 2. The van der Waals surface area contributed by atoms with Gasteiger partial charge in [0, 0.05) is 24.9 Å². The summed E-state index contributed by atoms with van der Waals surface area (Å²) in [5.41, 5.74) is 3.69. The van der Waals surface area contributed by atoms with Crippen LogP contribution in [0.3, 0.4) is 0 Å². The number of nitrogens with one attached hydrogen (secondary N) is 1. The fraction of sp³-hybridized carbons (Fsp3) is 0.750. The summed E-state index contributed by atoms with van der Waals surface area (Å²) in [5, 5.41) is 3.20. The van der Waals surface area contributed by atoms with Crippen molar-refractivity contribution in [1.29, 1.82) is 0 Å². The van der Waals surface area contributed by atoms with Crippen LogP contribution in [-0.2, 0) is 35.2 Å². The summed E-state index contributed by atoms with van der Waals surface area (Å²) in [7, 11) is 3.65. The van der Waals surface area contributed by atoms with Crippen molar-refractivity contribution in [1.82, 2.24) is 15.3 Å². The van der Waals surface area contributed by atoms with Crippen molar-refractivity contribution in [3.05, 3.63) is 22.8 Å². The maximum Gasteiger partial charge on any atom is 0.131 e. The van der Waals surface area contributed by atoms with Crippen molar-refractivity contribution < 1.29 is 9.47 Å². The molecule has 1 heterocycles. The first-order valence-electron chi connectivity index (χ1n) is 7.85. The van der Waals surface area contributed by atoms with Crippen LogP contribution in [0, 0.1) is 0 Å². The van der Waals surface area contributed by atoms with Gasteiger partial charge in [0.15, 0.2) is 0 Å². The molecular formula is C16H29N3O2. The molecule has 0 saturated carbocycles. The van der Waals surface area contributed by atoms with Gasteiger partial charge >= 0.3 is 0 Å². The maximum atomic E-state index is 5.51. The van der Waals surface area contributed by atoms with E-state index in [1.807, 2.05) is 7.05 Å². The molecule has 0 amide bonds. The molecule has 1 rings (SSSR count). The molecule has 0 aliphatic heterocycles. The lowest BCUT2D eigenvalue weighted by Gasteiger charge is -2.14. The Kier molecular flexibility index (Phi) is 9.14. The molecule has 1 N–H and O–H groups in total. The quantitative estimate of drug-likeness (QED) is 0.628. The second kappa shape index (κ2) is 10.7. The van der Waals surface area contributed by atoms with Gasteiger partial charge in [-0.2, -0.15) is 0 Å². The Morgan fingerprint density at radius 3 is 2.14 bits per heavy atom. The van der Waals surface area contributed by atoms with E-state index in [4.69, 9.17) is 19.4 Å². The average molecular weight is 295 g/mol. The molecule has 0 bridgehead atoms. The maximum absolute atomic E-state index is 5.51. The van der Waals surface area contributed by atoms with E-state index in [0.29, 0.717) is 19.8 Å². The second-order valence-corrected chi connectivity index (χ2v) is 4.93. The highest BCUT2D eigenvalue weighted by atomic mass is 16.5. The minimum Gasteiger partial charge on any atom is -0.382 e. The van der Waals surface area contributed by atoms with Gasteiger partial charge in [-0.1, -0.05) is 13.8 Å². The monoisotopic (exact) mass is 295 g/mol. The molecule has 120 valence electrons. The Hall–Kier alpha value is -1.04. The van der Waals surface area contributed by atoms with E-state index in [0.717, 1.165) is 38.1 Å². The van der Waals surface area contributed by atoms with Crippen LogP contribution in [0.4, 0.5) is 0 Å². The zero-order chi connectivity index (χ0) is 15.5. The van der Waals surface area contributed by atoms with Crippen LogP contribution in [0.15, 0.2) is 0 Å². The number of aromatic nitrogens is 2. The van der Waals surface area contributed by atoms with Gasteiger partial charge < -0.3 is 14.8 Å². The summed E-state index contributed by atoms with van der Waals surface area (Å²) < 4.78 is 10.5. The van der Waals surface area contributed by atoms with Crippen molar-refractivity contribution in [3.8, 4) is 0 Å². The number of nitrogens with zero attached hydrogens (tertiary/aromatic N) is 2. The molecule has 0 aliphatic rings. The highest BCUT2D eigenvalue weighted by molar-refractivity contribution is 5.27. The van der Waals surface area contributed by atoms with Gasteiger partial charge in [0.25, 0.3) is 0 Å². The predicted octanol–water partition coefficient (Wildman–Crippen LogP) is 1.57. The van der Waals surface area contributed by atoms with E-state index in [2.05, 4.69) is 19.2 Å². The number of hydrogen-bond acceptors (Lipinski definition) is 5. The van der Waals surface area contributed by atoms with Crippen molar-refractivity contribution in [3.63, 3.8) is 0 Å². The van der Waals surface area contributed by atoms with Gasteiger partial charge in [0.2, 0.25) is 0 Å². The third-order valence-corrected chi connectivity index (χ3v) is 3.42. The molecule has 0 radical (unpaired) electrons. The Bertz CT molecular complexity index is 386. The SMILES string of the molecule is CCc1nc(CCOCCOC)nc(CC)c1CCNC. The van der Waals surface area contributed by atoms with E-state index in [1.165, 1.54) is 17.0 Å². The summed E-state index contributed by atoms with van der Waals surface area (Å²) >= 11 is 0. The van der Waals surface area contributed by atoms with E-state index < -0.39 is 0 Å². The molecule has 1 aromatic rings. The van der Waals surface area contributed by atoms with Crippen LogP contribution in [0.1, 0.15) is 36.6 Å². The standard InChI is InChI=1S/C16H29N3O2/c1-5-14-13(7-9-17-3)15(6-2)19-16(18-14)8-10-21-12-11-20-4/h17H,5-12H2,1-4H3. The fourth-order valence-electron chi connectivity index (χ4n) is 2.28. The molecule has 0 atom stereocenters. The first-order valence-corrected chi connectivity index (χ1v) is 7.85. The molecule has 5 heteroatoms. The van der Waals surface area contributed by atoms with E-state index >= 15 is 0 Å². The van der Waals surface area contributed by atoms with Crippen LogP contribution in [0.5, 0.6) is 0 Å². The van der Waals surface area contributed by atoms with Crippen molar-refractivity contribution >= 4 is 0 Å². The lowest BCUT2D eigenvalue weighted by atomic mass is 10.0. The third kappa shape index (κ3) is 6.08. The summed E-state index contributed by atoms with van der Waals surface area (Å²) in [6.07, 6.45) is 3.65. The molecule has 0 spiro atoms. The van der Waals surface area contributed by atoms with Crippen LogP contribution in [0.25, 0.3) is 0 Å². The predicted molar refractivity (Wildman–Crippen MR) is 84.8 cm³/mol. The lowest BCUT2D eigenvalue weighted by molar-refractivity contribution is 0.0716. The van der Waals surface area contributed by atoms with E-state index in [1.54, 1.807) is 7.11 Å². The van der Waals surface area contributed by atoms with Crippen LogP contribution in [0.2, 0.25) is 0 Å². The zero-order valence-electron chi connectivity index (χ0n) is 13.9. The molecule has 0 unspecified atom stereocenters. The topological polar surface area (TPSA) is 56.3 Å². The van der Waals surface area contributed by atoms with Crippen molar-refractivity contribution in [2.75, 3.05) is 40.5 Å².